The fraction of sp³-hybridized carbons (Fsp3) is 0.250. The van der Waals surface area contributed by atoms with Gasteiger partial charge < -0.3 is 9.84 Å². The van der Waals surface area contributed by atoms with E-state index in [9.17, 15) is 8.42 Å². The second kappa shape index (κ2) is 4.41. The zero-order valence-electron chi connectivity index (χ0n) is 7.17. The van der Waals surface area contributed by atoms with Crippen molar-refractivity contribution in [1.29, 1.82) is 0 Å². The van der Waals surface area contributed by atoms with Gasteiger partial charge in [0.25, 0.3) is 10.1 Å². The molecule has 0 heterocycles. The lowest BCUT2D eigenvalue weighted by Gasteiger charge is -2.07. The van der Waals surface area contributed by atoms with Crippen molar-refractivity contribution in [3.8, 4) is 5.75 Å². The lowest BCUT2D eigenvalue weighted by molar-refractivity contribution is 0.198. The van der Waals surface area contributed by atoms with Crippen molar-refractivity contribution in [2.75, 3.05) is 13.2 Å². The zero-order chi connectivity index (χ0) is 10.6. The maximum atomic E-state index is 10.8. The molecule has 5 nitrogen and oxygen atoms in total. The van der Waals surface area contributed by atoms with Gasteiger partial charge in [-0.2, -0.15) is 8.42 Å². The van der Waals surface area contributed by atoms with Crippen molar-refractivity contribution in [2.45, 2.75) is 4.90 Å². The molecule has 0 atom stereocenters. The first kappa shape index (κ1) is 11.0. The van der Waals surface area contributed by atoms with Crippen molar-refractivity contribution in [1.82, 2.24) is 0 Å². The zero-order valence-corrected chi connectivity index (χ0v) is 7.99. The highest BCUT2D eigenvalue weighted by Crippen LogP contribution is 2.22. The molecular formula is C8H9O5S. The van der Waals surface area contributed by atoms with Gasteiger partial charge in [-0.25, -0.2) is 0 Å². The predicted octanol–water partition coefficient (Wildman–Crippen LogP) is 0.105. The van der Waals surface area contributed by atoms with Crippen LogP contribution >= 0.6 is 0 Å². The fourth-order valence-electron chi connectivity index (χ4n) is 0.877. The molecule has 14 heavy (non-hydrogen) atoms. The van der Waals surface area contributed by atoms with Gasteiger partial charge in [0.05, 0.1) is 6.61 Å². The smallest absolute Gasteiger partial charge is 0.298 e. The van der Waals surface area contributed by atoms with E-state index in [1.54, 1.807) is 0 Å². The molecule has 0 bridgehead atoms. The summed E-state index contributed by atoms with van der Waals surface area (Å²) in [5.74, 6) is 0.000278. The molecule has 0 spiro atoms. The molecule has 0 aliphatic heterocycles. The van der Waals surface area contributed by atoms with Crippen molar-refractivity contribution < 1.29 is 22.8 Å². The van der Waals surface area contributed by atoms with E-state index in [1.807, 2.05) is 0 Å². The standard InChI is InChI=1S/C8H9O5S/c9-5-6-13-7-3-1-2-4-8(7)14(10,11)12/h1,3-4,9H,5-6H2,(H,10,11,12). The molecule has 0 saturated heterocycles. The van der Waals surface area contributed by atoms with Gasteiger partial charge in [-0.15, -0.1) is 0 Å². The lowest BCUT2D eigenvalue weighted by Crippen LogP contribution is -2.06. The highest BCUT2D eigenvalue weighted by atomic mass is 32.2. The van der Waals surface area contributed by atoms with Crippen molar-refractivity contribution in [3.63, 3.8) is 0 Å². The number of hydrogen-bond acceptors (Lipinski definition) is 4. The number of ether oxygens (including phenoxy) is 1. The van der Waals surface area contributed by atoms with Crippen LogP contribution in [0.15, 0.2) is 23.1 Å². The minimum Gasteiger partial charge on any atom is -0.490 e. The molecule has 2 N–H and O–H groups in total. The van der Waals surface area contributed by atoms with E-state index in [-0.39, 0.29) is 23.9 Å². The quantitative estimate of drug-likeness (QED) is 0.699. The van der Waals surface area contributed by atoms with Crippen molar-refractivity contribution in [2.24, 2.45) is 0 Å². The Labute approximate surface area is 81.7 Å². The molecule has 0 aliphatic rings. The van der Waals surface area contributed by atoms with Crippen LogP contribution in [0.2, 0.25) is 0 Å². The molecule has 0 aromatic heterocycles. The van der Waals surface area contributed by atoms with Gasteiger partial charge in [-0.05, 0) is 18.2 Å². The summed E-state index contributed by atoms with van der Waals surface area (Å²) in [4.78, 5) is -0.353. The number of rotatable bonds is 4. The highest BCUT2D eigenvalue weighted by molar-refractivity contribution is 7.86. The van der Waals surface area contributed by atoms with Gasteiger partial charge in [0, 0.05) is 0 Å². The van der Waals surface area contributed by atoms with Crippen LogP contribution in [0.4, 0.5) is 0 Å². The van der Waals surface area contributed by atoms with Crippen LogP contribution < -0.4 is 4.74 Å². The molecule has 1 aromatic carbocycles. The Morgan fingerprint density at radius 3 is 2.79 bits per heavy atom. The summed E-state index contributed by atoms with van der Waals surface area (Å²) in [6, 6.07) is 6.39. The monoisotopic (exact) mass is 217 g/mol. The molecule has 77 valence electrons. The highest BCUT2D eigenvalue weighted by Gasteiger charge is 2.15. The summed E-state index contributed by atoms with van der Waals surface area (Å²) in [5.41, 5.74) is 0. The second-order valence-electron chi connectivity index (χ2n) is 2.42. The fourth-order valence-corrected chi connectivity index (χ4v) is 1.48. The lowest BCUT2D eigenvalue weighted by atomic mass is 10.3. The van der Waals surface area contributed by atoms with Crippen LogP contribution in [0.1, 0.15) is 0 Å². The van der Waals surface area contributed by atoms with Crippen molar-refractivity contribution in [3.05, 3.63) is 24.3 Å². The Balaban J connectivity index is 3.04. The van der Waals surface area contributed by atoms with Crippen molar-refractivity contribution >= 4 is 10.1 Å². The first-order valence-corrected chi connectivity index (χ1v) is 5.21. The van der Waals surface area contributed by atoms with Gasteiger partial charge in [-0.3, -0.25) is 4.55 Å². The van der Waals surface area contributed by atoms with Gasteiger partial charge in [0.1, 0.15) is 17.3 Å². The number of aliphatic hydroxyl groups is 1. The third-order valence-electron chi connectivity index (χ3n) is 1.41. The Morgan fingerprint density at radius 1 is 1.50 bits per heavy atom. The van der Waals surface area contributed by atoms with Crippen LogP contribution in [-0.2, 0) is 10.1 Å². The van der Waals surface area contributed by atoms with Crippen LogP contribution in [0.5, 0.6) is 5.75 Å². The number of benzene rings is 1. The summed E-state index contributed by atoms with van der Waals surface area (Å²) < 4.78 is 35.3. The van der Waals surface area contributed by atoms with E-state index < -0.39 is 10.1 Å². The van der Waals surface area contributed by atoms with Crippen LogP contribution in [0.3, 0.4) is 0 Å². The number of aliphatic hydroxyl groups excluding tert-OH is 1. The molecule has 1 rings (SSSR count). The predicted molar refractivity (Wildman–Crippen MR) is 47.7 cm³/mol. The van der Waals surface area contributed by atoms with Gasteiger partial charge >= 0.3 is 0 Å². The van der Waals surface area contributed by atoms with Crippen LogP contribution in [0, 0.1) is 6.07 Å². The second-order valence-corrected chi connectivity index (χ2v) is 3.81. The van der Waals surface area contributed by atoms with Crippen LogP contribution in [-0.4, -0.2) is 31.3 Å². The third kappa shape index (κ3) is 2.69. The first-order chi connectivity index (χ1) is 6.55. The van der Waals surface area contributed by atoms with E-state index in [0.29, 0.717) is 0 Å². The van der Waals surface area contributed by atoms with E-state index in [1.165, 1.54) is 12.1 Å². The Morgan fingerprint density at radius 2 is 2.21 bits per heavy atom. The SMILES string of the molecule is O=S(=O)(O)c1c[c]ccc1OCCO. The maximum Gasteiger partial charge on any atom is 0.298 e. The van der Waals surface area contributed by atoms with Gasteiger partial charge in [0.15, 0.2) is 0 Å². The van der Waals surface area contributed by atoms with Crippen LogP contribution in [0.25, 0.3) is 0 Å². The minimum absolute atomic E-state index is 0.000278. The minimum atomic E-state index is -4.30. The van der Waals surface area contributed by atoms with Gasteiger partial charge in [-0.1, -0.05) is 6.07 Å². The Hall–Kier alpha value is -1.11. The molecule has 0 saturated carbocycles. The first-order valence-electron chi connectivity index (χ1n) is 3.77. The molecule has 0 unspecified atom stereocenters. The van der Waals surface area contributed by atoms with E-state index in [0.717, 1.165) is 6.07 Å². The topological polar surface area (TPSA) is 83.8 Å². The maximum absolute atomic E-state index is 10.8. The van der Waals surface area contributed by atoms with E-state index in [4.69, 9.17) is 14.4 Å². The largest absolute Gasteiger partial charge is 0.490 e. The summed E-state index contributed by atoms with van der Waals surface area (Å²) in [6.45, 7) is -0.268. The Kier molecular flexibility index (Phi) is 3.45. The van der Waals surface area contributed by atoms with E-state index >= 15 is 0 Å². The van der Waals surface area contributed by atoms with Gasteiger partial charge in [0.2, 0.25) is 0 Å². The molecule has 0 amide bonds. The molecule has 1 aromatic rings. The average Bonchev–Trinajstić information content (AvgIpc) is 2.14. The summed E-state index contributed by atoms with van der Waals surface area (Å²) in [5, 5.41) is 8.48. The summed E-state index contributed by atoms with van der Waals surface area (Å²) in [7, 11) is -4.30. The summed E-state index contributed by atoms with van der Waals surface area (Å²) in [6.07, 6.45) is 0. The molecule has 1 radical (unpaired) electrons. The summed E-state index contributed by atoms with van der Waals surface area (Å²) >= 11 is 0. The molecule has 0 aliphatic carbocycles. The number of hydrogen-bond donors (Lipinski definition) is 2. The molecule has 6 heteroatoms. The normalized spacial score (nSPS) is 11.3. The third-order valence-corrected chi connectivity index (χ3v) is 2.29. The average molecular weight is 217 g/mol. The molecule has 0 fully saturated rings. The molecular weight excluding hydrogens is 208 g/mol. The van der Waals surface area contributed by atoms with E-state index in [2.05, 4.69) is 6.07 Å². The Bertz CT molecular complexity index is 398.